The molecule has 0 saturated heterocycles. The van der Waals surface area contributed by atoms with Crippen molar-refractivity contribution < 1.29 is 19.2 Å². The Balaban J connectivity index is 3.92. The van der Waals surface area contributed by atoms with Crippen molar-refractivity contribution >= 4 is 45.5 Å². The lowest BCUT2D eigenvalue weighted by molar-refractivity contribution is -0.122. The number of unbranched alkanes of at least 4 members (excludes halogenated alkanes) is 1. The van der Waals surface area contributed by atoms with Crippen LogP contribution in [0.15, 0.2) is 0 Å². The van der Waals surface area contributed by atoms with Crippen LogP contribution in [0.3, 0.4) is 0 Å². The molecule has 0 aromatic carbocycles. The smallest absolute Gasteiger partial charge is 0.221 e. The molecule has 0 fully saturated rings. The summed E-state index contributed by atoms with van der Waals surface area (Å²) in [7, 11) is 0. The van der Waals surface area contributed by atoms with Crippen molar-refractivity contribution in [3.8, 4) is 0 Å². The van der Waals surface area contributed by atoms with Crippen LogP contribution in [0.5, 0.6) is 0 Å². The van der Waals surface area contributed by atoms with Crippen LogP contribution in [0.25, 0.3) is 0 Å². The molecule has 0 aliphatic rings. The van der Waals surface area contributed by atoms with Crippen molar-refractivity contribution in [1.29, 1.82) is 0 Å². The highest BCUT2D eigenvalue weighted by molar-refractivity contribution is 6.63. The van der Waals surface area contributed by atoms with Crippen LogP contribution in [0.1, 0.15) is 78.6 Å². The van der Waals surface area contributed by atoms with Crippen molar-refractivity contribution in [2.24, 2.45) is 11.3 Å². The molecule has 0 spiro atoms. The molecule has 0 heterocycles. The molecular weight excluding hydrogens is 403 g/mol. The van der Waals surface area contributed by atoms with E-state index in [1.54, 1.807) is 0 Å². The lowest BCUT2D eigenvalue weighted by Gasteiger charge is -2.28. The molecular formula is C20H34Cl2N2O4. The molecule has 0 aromatic heterocycles. The van der Waals surface area contributed by atoms with E-state index in [9.17, 15) is 19.2 Å². The van der Waals surface area contributed by atoms with E-state index < -0.39 is 5.24 Å². The molecule has 2 N–H and O–H groups in total. The third-order valence-corrected chi connectivity index (χ3v) is 4.85. The monoisotopic (exact) mass is 436 g/mol. The largest absolute Gasteiger partial charge is 0.356 e. The molecule has 6 nitrogen and oxygen atoms in total. The maximum Gasteiger partial charge on any atom is 0.221 e. The molecule has 1 atom stereocenters. The van der Waals surface area contributed by atoms with Gasteiger partial charge in [-0.25, -0.2) is 0 Å². The lowest BCUT2D eigenvalue weighted by Crippen LogP contribution is -2.32. The van der Waals surface area contributed by atoms with Gasteiger partial charge in [0.25, 0.3) is 0 Å². The highest BCUT2D eigenvalue weighted by atomic mass is 35.5. The van der Waals surface area contributed by atoms with Crippen LogP contribution >= 0.6 is 23.2 Å². The summed E-state index contributed by atoms with van der Waals surface area (Å²) in [6.45, 7) is 7.57. The van der Waals surface area contributed by atoms with Crippen molar-refractivity contribution in [2.45, 2.75) is 78.6 Å². The van der Waals surface area contributed by atoms with Gasteiger partial charge in [0.2, 0.25) is 22.3 Å². The zero-order valence-corrected chi connectivity index (χ0v) is 18.8. The average Bonchev–Trinajstić information content (AvgIpc) is 2.56. The third-order valence-electron chi connectivity index (χ3n) is 4.48. The minimum absolute atomic E-state index is 0.00596. The molecule has 0 aliphatic carbocycles. The average molecular weight is 437 g/mol. The van der Waals surface area contributed by atoms with E-state index >= 15 is 0 Å². The minimum atomic E-state index is -0.416. The summed E-state index contributed by atoms with van der Waals surface area (Å²) in [5.41, 5.74) is 0.0352. The summed E-state index contributed by atoms with van der Waals surface area (Å²) in [6.07, 6.45) is 4.75. The number of carbonyl (C=O) groups is 4. The van der Waals surface area contributed by atoms with Gasteiger partial charge in [-0.15, -0.1) is 0 Å². The molecule has 28 heavy (non-hydrogen) atoms. The second-order valence-corrected chi connectivity index (χ2v) is 8.99. The van der Waals surface area contributed by atoms with Gasteiger partial charge in [-0.2, -0.15) is 0 Å². The highest BCUT2D eigenvalue weighted by Crippen LogP contribution is 2.28. The van der Waals surface area contributed by atoms with E-state index in [2.05, 4.69) is 31.4 Å². The Labute approximate surface area is 178 Å². The predicted octanol–water partition coefficient (Wildman–Crippen LogP) is 3.92. The van der Waals surface area contributed by atoms with Crippen molar-refractivity contribution in [1.82, 2.24) is 10.6 Å². The van der Waals surface area contributed by atoms with Gasteiger partial charge in [0.1, 0.15) is 0 Å². The molecule has 8 heteroatoms. The van der Waals surface area contributed by atoms with Gasteiger partial charge < -0.3 is 10.6 Å². The van der Waals surface area contributed by atoms with Crippen LogP contribution < -0.4 is 10.6 Å². The van der Waals surface area contributed by atoms with E-state index in [-0.39, 0.29) is 28.9 Å². The van der Waals surface area contributed by atoms with E-state index in [0.717, 1.165) is 12.8 Å². The van der Waals surface area contributed by atoms with Crippen LogP contribution in [0.4, 0.5) is 0 Å². The third kappa shape index (κ3) is 17.0. The first-order chi connectivity index (χ1) is 13.0. The van der Waals surface area contributed by atoms with E-state index in [1.807, 2.05) is 0 Å². The number of halogens is 2. The van der Waals surface area contributed by atoms with Gasteiger partial charge in [0.05, 0.1) is 0 Å². The maximum atomic E-state index is 11.8. The summed E-state index contributed by atoms with van der Waals surface area (Å²) in [4.78, 5) is 44.8. The minimum Gasteiger partial charge on any atom is -0.356 e. The zero-order valence-electron chi connectivity index (χ0n) is 17.2. The van der Waals surface area contributed by atoms with Gasteiger partial charge in [-0.05, 0) is 66.6 Å². The molecule has 0 radical (unpaired) electrons. The van der Waals surface area contributed by atoms with Gasteiger partial charge >= 0.3 is 0 Å². The summed E-state index contributed by atoms with van der Waals surface area (Å²) < 4.78 is 0. The van der Waals surface area contributed by atoms with E-state index in [1.165, 1.54) is 0 Å². The standard InChI is InChI=1S/C20H34Cl2N2O4/c1-15(14-24-19(28)10-6-8-17(22)26)13-20(2,3)11-12-23-18(27)9-5-4-7-16(21)25/h15H,4-14H2,1-3H3,(H,23,27)(H,24,28). The second-order valence-electron chi connectivity index (χ2n) is 8.15. The predicted molar refractivity (Wildman–Crippen MR) is 112 cm³/mol. The Hall–Kier alpha value is -1.14. The molecule has 0 bridgehead atoms. The van der Waals surface area contributed by atoms with Crippen LogP contribution in [0, 0.1) is 11.3 Å². The first-order valence-electron chi connectivity index (χ1n) is 9.92. The molecule has 0 aromatic rings. The van der Waals surface area contributed by atoms with E-state index in [0.29, 0.717) is 57.5 Å². The summed E-state index contributed by atoms with van der Waals surface area (Å²) in [5.74, 6) is 0.233. The van der Waals surface area contributed by atoms with Crippen LogP contribution in [-0.4, -0.2) is 35.4 Å². The molecule has 0 aliphatic heterocycles. The summed E-state index contributed by atoms with van der Waals surface area (Å²) in [5, 5.41) is 5.03. The van der Waals surface area contributed by atoms with Crippen molar-refractivity contribution in [3.05, 3.63) is 0 Å². The number of nitrogens with one attached hydrogen (secondary N) is 2. The Kier molecular flexibility index (Phi) is 14.2. The fourth-order valence-electron chi connectivity index (χ4n) is 3.06. The van der Waals surface area contributed by atoms with E-state index in [4.69, 9.17) is 23.2 Å². The fraction of sp³-hybridized carbons (Fsp3) is 0.800. The molecule has 2 amide bonds. The first kappa shape index (κ1) is 26.9. The summed E-state index contributed by atoms with van der Waals surface area (Å²) in [6, 6.07) is 0. The lowest BCUT2D eigenvalue weighted by atomic mass is 9.80. The molecule has 162 valence electrons. The van der Waals surface area contributed by atoms with Gasteiger partial charge in [0, 0.05) is 38.8 Å². The fourth-order valence-corrected chi connectivity index (χ4v) is 3.33. The Morgan fingerprint density at radius 1 is 0.821 bits per heavy atom. The highest BCUT2D eigenvalue weighted by Gasteiger charge is 2.21. The number of rotatable bonds is 16. The Morgan fingerprint density at radius 3 is 1.93 bits per heavy atom. The SMILES string of the molecule is CC(CNC(=O)CCCC(=O)Cl)CC(C)(C)CCNC(=O)CCCCC(=O)Cl. The summed E-state index contributed by atoms with van der Waals surface area (Å²) >= 11 is 10.5. The molecule has 0 rings (SSSR count). The Morgan fingerprint density at radius 2 is 1.32 bits per heavy atom. The number of carbonyl (C=O) groups excluding carboxylic acids is 4. The zero-order chi connectivity index (χ0) is 21.6. The Bertz CT molecular complexity index is 524. The number of hydrogen-bond acceptors (Lipinski definition) is 4. The molecule has 1 unspecified atom stereocenters. The van der Waals surface area contributed by atoms with Crippen LogP contribution in [0.2, 0.25) is 0 Å². The number of amides is 2. The first-order valence-corrected chi connectivity index (χ1v) is 10.7. The number of hydrogen-bond donors (Lipinski definition) is 2. The quantitative estimate of drug-likeness (QED) is 0.283. The van der Waals surface area contributed by atoms with Crippen molar-refractivity contribution in [2.75, 3.05) is 13.1 Å². The second kappa shape index (κ2) is 14.8. The molecule has 0 saturated carbocycles. The van der Waals surface area contributed by atoms with Gasteiger partial charge in [-0.3, -0.25) is 19.2 Å². The maximum absolute atomic E-state index is 11.8. The topological polar surface area (TPSA) is 92.3 Å². The van der Waals surface area contributed by atoms with Crippen LogP contribution in [-0.2, 0) is 19.2 Å². The van der Waals surface area contributed by atoms with Crippen molar-refractivity contribution in [3.63, 3.8) is 0 Å². The normalized spacial score (nSPS) is 12.3. The van der Waals surface area contributed by atoms with Gasteiger partial charge in [-0.1, -0.05) is 20.8 Å². The van der Waals surface area contributed by atoms with Gasteiger partial charge in [0.15, 0.2) is 0 Å².